The van der Waals surface area contributed by atoms with E-state index >= 15 is 0 Å². The van der Waals surface area contributed by atoms with Crippen molar-refractivity contribution in [2.24, 2.45) is 10.4 Å². The molecule has 1 rings (SSSR count). The zero-order valence-electron chi connectivity index (χ0n) is 14.5. The summed E-state index contributed by atoms with van der Waals surface area (Å²) in [5.74, 6) is 0.574. The van der Waals surface area contributed by atoms with E-state index in [4.69, 9.17) is 0 Å². The van der Waals surface area contributed by atoms with Crippen molar-refractivity contribution >= 4 is 41.3 Å². The SMILES string of the molecule is CN=C(NCCCCC(C)(C)C)NCc1nc(C(F)(F)F)cs1.I. The van der Waals surface area contributed by atoms with Crippen LogP contribution in [0, 0.1) is 5.41 Å². The number of aliphatic imine (C=N–C) groups is 1. The molecule has 0 atom stereocenters. The van der Waals surface area contributed by atoms with Gasteiger partial charge in [-0.2, -0.15) is 13.2 Å². The first-order valence-electron chi connectivity index (χ1n) is 7.58. The Kier molecular flexibility index (Phi) is 10.2. The van der Waals surface area contributed by atoms with E-state index in [1.165, 1.54) is 0 Å². The Morgan fingerprint density at radius 2 is 1.88 bits per heavy atom. The Hall–Kier alpha value is -0.580. The standard InChI is InChI=1S/C15H25F3N4S.HI/c1-14(2,3)7-5-6-8-20-13(19-4)21-9-12-22-11(10-23-12)15(16,17)18;/h10H,5-9H2,1-4H3,(H2,19,20,21);1H. The number of guanidine groups is 1. The lowest BCUT2D eigenvalue weighted by atomic mass is 9.90. The summed E-state index contributed by atoms with van der Waals surface area (Å²) in [7, 11) is 1.63. The number of unbranched alkanes of at least 4 members (excludes halogenated alkanes) is 1. The van der Waals surface area contributed by atoms with Crippen LogP contribution in [-0.4, -0.2) is 24.5 Å². The maximum atomic E-state index is 12.5. The Labute approximate surface area is 162 Å². The molecule has 9 heteroatoms. The molecule has 0 radical (unpaired) electrons. The first-order chi connectivity index (χ1) is 10.6. The molecule has 0 aliphatic heterocycles. The first-order valence-corrected chi connectivity index (χ1v) is 8.46. The van der Waals surface area contributed by atoms with Crippen molar-refractivity contribution in [2.45, 2.75) is 52.8 Å². The molecule has 1 aromatic rings. The third-order valence-electron chi connectivity index (χ3n) is 3.12. The summed E-state index contributed by atoms with van der Waals surface area (Å²) in [6.45, 7) is 7.64. The van der Waals surface area contributed by atoms with Gasteiger partial charge in [0.25, 0.3) is 0 Å². The van der Waals surface area contributed by atoms with Crippen LogP contribution in [0.3, 0.4) is 0 Å². The molecule has 0 aliphatic rings. The summed E-state index contributed by atoms with van der Waals surface area (Å²) in [6.07, 6.45) is -1.09. The molecule has 0 amide bonds. The molecule has 1 heterocycles. The summed E-state index contributed by atoms with van der Waals surface area (Å²) in [4.78, 5) is 7.63. The molecule has 2 N–H and O–H groups in total. The van der Waals surface area contributed by atoms with Gasteiger partial charge in [-0.15, -0.1) is 35.3 Å². The lowest BCUT2D eigenvalue weighted by Gasteiger charge is -2.18. The van der Waals surface area contributed by atoms with Crippen molar-refractivity contribution in [1.82, 2.24) is 15.6 Å². The van der Waals surface area contributed by atoms with Gasteiger partial charge in [0.15, 0.2) is 11.7 Å². The van der Waals surface area contributed by atoms with Crippen molar-refractivity contribution in [3.05, 3.63) is 16.1 Å². The second-order valence-electron chi connectivity index (χ2n) is 6.49. The summed E-state index contributed by atoms with van der Waals surface area (Å²) in [5, 5.41) is 7.54. The van der Waals surface area contributed by atoms with Gasteiger partial charge in [0.05, 0.1) is 6.54 Å². The van der Waals surface area contributed by atoms with Gasteiger partial charge in [0.2, 0.25) is 0 Å². The van der Waals surface area contributed by atoms with Gasteiger partial charge in [0.1, 0.15) is 5.01 Å². The van der Waals surface area contributed by atoms with Gasteiger partial charge in [-0.3, -0.25) is 4.99 Å². The highest BCUT2D eigenvalue weighted by Gasteiger charge is 2.33. The van der Waals surface area contributed by atoms with E-state index < -0.39 is 11.9 Å². The van der Waals surface area contributed by atoms with Crippen LogP contribution >= 0.6 is 35.3 Å². The smallest absolute Gasteiger partial charge is 0.356 e. The third kappa shape index (κ3) is 9.65. The number of nitrogens with one attached hydrogen (secondary N) is 2. The van der Waals surface area contributed by atoms with Crippen LogP contribution in [-0.2, 0) is 12.7 Å². The van der Waals surface area contributed by atoms with E-state index in [9.17, 15) is 13.2 Å². The second-order valence-corrected chi connectivity index (χ2v) is 7.44. The largest absolute Gasteiger partial charge is 0.434 e. The topological polar surface area (TPSA) is 49.3 Å². The second kappa shape index (κ2) is 10.4. The van der Waals surface area contributed by atoms with Crippen LogP contribution in [0.4, 0.5) is 13.2 Å². The van der Waals surface area contributed by atoms with Crippen molar-refractivity contribution in [3.8, 4) is 0 Å². The van der Waals surface area contributed by atoms with Gasteiger partial charge in [-0.25, -0.2) is 4.98 Å². The molecule has 0 unspecified atom stereocenters. The number of aromatic nitrogens is 1. The lowest BCUT2D eigenvalue weighted by Crippen LogP contribution is -2.37. The Morgan fingerprint density at radius 3 is 2.38 bits per heavy atom. The maximum absolute atomic E-state index is 12.5. The van der Waals surface area contributed by atoms with Crippen molar-refractivity contribution < 1.29 is 13.2 Å². The van der Waals surface area contributed by atoms with Gasteiger partial charge in [-0.05, 0) is 18.3 Å². The van der Waals surface area contributed by atoms with Crippen LogP contribution in [0.15, 0.2) is 10.4 Å². The number of nitrogens with zero attached hydrogens (tertiary/aromatic N) is 2. The summed E-state index contributed by atoms with van der Waals surface area (Å²) >= 11 is 0.987. The molecule has 140 valence electrons. The van der Waals surface area contributed by atoms with Crippen LogP contribution in [0.1, 0.15) is 50.7 Å². The molecule has 0 spiro atoms. The summed E-state index contributed by atoms with van der Waals surface area (Å²) < 4.78 is 37.4. The van der Waals surface area contributed by atoms with Crippen LogP contribution in [0.2, 0.25) is 0 Å². The van der Waals surface area contributed by atoms with Crippen LogP contribution in [0.5, 0.6) is 0 Å². The highest BCUT2D eigenvalue weighted by atomic mass is 127. The molecule has 0 saturated carbocycles. The predicted molar refractivity (Wildman–Crippen MR) is 104 cm³/mol. The number of hydrogen-bond acceptors (Lipinski definition) is 3. The van der Waals surface area contributed by atoms with E-state index in [1.54, 1.807) is 7.05 Å². The molecule has 24 heavy (non-hydrogen) atoms. The van der Waals surface area contributed by atoms with Crippen molar-refractivity contribution in [1.29, 1.82) is 0 Å². The number of rotatable bonds is 6. The van der Waals surface area contributed by atoms with E-state index in [0.717, 1.165) is 42.5 Å². The van der Waals surface area contributed by atoms with E-state index in [1.807, 2.05) is 0 Å². The van der Waals surface area contributed by atoms with Crippen LogP contribution < -0.4 is 10.6 Å². The minimum atomic E-state index is -4.39. The highest BCUT2D eigenvalue weighted by molar-refractivity contribution is 14.0. The molecule has 0 saturated heterocycles. The third-order valence-corrected chi connectivity index (χ3v) is 3.97. The fourth-order valence-electron chi connectivity index (χ4n) is 1.89. The molecular formula is C15H26F3IN4S. The monoisotopic (exact) mass is 478 g/mol. The lowest BCUT2D eigenvalue weighted by molar-refractivity contribution is -0.140. The zero-order chi connectivity index (χ0) is 17.5. The van der Waals surface area contributed by atoms with Crippen molar-refractivity contribution in [3.63, 3.8) is 0 Å². The van der Waals surface area contributed by atoms with Crippen molar-refractivity contribution in [2.75, 3.05) is 13.6 Å². The molecule has 0 aromatic carbocycles. The highest BCUT2D eigenvalue weighted by Crippen LogP contribution is 2.29. The normalized spacial score (nSPS) is 12.7. The fourth-order valence-corrected chi connectivity index (χ4v) is 2.63. The minimum absolute atomic E-state index is 0. The first kappa shape index (κ1) is 23.4. The number of halogens is 4. The average Bonchev–Trinajstić information content (AvgIpc) is 2.89. The van der Waals surface area contributed by atoms with E-state index in [0.29, 0.717) is 16.4 Å². The summed E-state index contributed by atoms with van der Waals surface area (Å²) in [5.41, 5.74) is -0.509. The quantitative estimate of drug-likeness (QED) is 0.271. The van der Waals surface area contributed by atoms with E-state index in [2.05, 4.69) is 41.4 Å². The molecule has 0 fully saturated rings. The molecule has 1 aromatic heterocycles. The van der Waals surface area contributed by atoms with Gasteiger partial charge >= 0.3 is 6.18 Å². The number of thiazole rings is 1. The fraction of sp³-hybridized carbons (Fsp3) is 0.733. The maximum Gasteiger partial charge on any atom is 0.434 e. The van der Waals surface area contributed by atoms with Gasteiger partial charge in [-0.1, -0.05) is 27.2 Å². The molecule has 4 nitrogen and oxygen atoms in total. The minimum Gasteiger partial charge on any atom is -0.356 e. The number of hydrogen-bond donors (Lipinski definition) is 2. The number of alkyl halides is 3. The average molecular weight is 478 g/mol. The Balaban J connectivity index is 0.00000529. The molecular weight excluding hydrogens is 452 g/mol. The molecule has 0 aliphatic carbocycles. The zero-order valence-corrected chi connectivity index (χ0v) is 17.6. The Bertz CT molecular complexity index is 510. The van der Waals surface area contributed by atoms with Gasteiger partial charge < -0.3 is 10.6 Å². The molecule has 0 bridgehead atoms. The predicted octanol–water partition coefficient (Wildman–Crippen LogP) is 4.66. The van der Waals surface area contributed by atoms with Gasteiger partial charge in [0, 0.05) is 19.0 Å². The Morgan fingerprint density at radius 1 is 1.21 bits per heavy atom. The van der Waals surface area contributed by atoms with Crippen LogP contribution in [0.25, 0.3) is 0 Å². The summed E-state index contributed by atoms with van der Waals surface area (Å²) in [6, 6.07) is 0. The van der Waals surface area contributed by atoms with E-state index in [-0.39, 0.29) is 30.5 Å².